The van der Waals surface area contributed by atoms with Crippen LogP contribution in [0, 0.1) is 0 Å². The SMILES string of the molecule is O=C(NCc1cccnc1)Nc1ccc(NS(=O)(=O)c2cc(C(F)(F)F)ccc2-n2ccnc2)cc1. The second-order valence-corrected chi connectivity index (χ2v) is 9.15. The summed E-state index contributed by atoms with van der Waals surface area (Å²) in [6, 6.07) is 11.1. The molecule has 2 heterocycles. The minimum Gasteiger partial charge on any atom is -0.334 e. The van der Waals surface area contributed by atoms with Crippen molar-refractivity contribution < 1.29 is 26.4 Å². The molecule has 0 aliphatic carbocycles. The van der Waals surface area contributed by atoms with Crippen molar-refractivity contribution in [1.82, 2.24) is 19.9 Å². The third-order valence-electron chi connectivity index (χ3n) is 4.93. The normalized spacial score (nSPS) is 11.6. The molecule has 186 valence electrons. The minimum atomic E-state index is -4.73. The number of rotatable bonds is 7. The number of halogens is 3. The number of carbonyl (C=O) groups excluding carboxylic acids is 1. The van der Waals surface area contributed by atoms with Gasteiger partial charge >= 0.3 is 12.2 Å². The summed E-state index contributed by atoms with van der Waals surface area (Å²) >= 11 is 0. The van der Waals surface area contributed by atoms with Gasteiger partial charge in [0.15, 0.2) is 0 Å². The topological polar surface area (TPSA) is 118 Å². The van der Waals surface area contributed by atoms with Crippen molar-refractivity contribution in [3.05, 3.63) is 96.8 Å². The number of hydrogen-bond donors (Lipinski definition) is 3. The average Bonchev–Trinajstić information content (AvgIpc) is 3.38. The molecule has 2 aromatic heterocycles. The molecule has 0 bridgehead atoms. The number of nitrogens with zero attached hydrogens (tertiary/aromatic N) is 3. The standard InChI is InChI=1S/C23H19F3N6O3S/c24-23(25,26)17-3-8-20(32-11-10-28-15-32)21(12-17)36(34,35)31-19-6-4-18(5-7-19)30-22(33)29-14-16-2-1-9-27-13-16/h1-13,15,31H,14H2,(H2,29,30,33). The maximum atomic E-state index is 13.3. The van der Waals surface area contributed by atoms with E-state index in [1.54, 1.807) is 24.5 Å². The van der Waals surface area contributed by atoms with Gasteiger partial charge in [-0.1, -0.05) is 6.07 Å². The van der Waals surface area contributed by atoms with Crippen LogP contribution in [0.5, 0.6) is 0 Å². The Morgan fingerprint density at radius 2 is 1.72 bits per heavy atom. The first kappa shape index (κ1) is 24.7. The summed E-state index contributed by atoms with van der Waals surface area (Å²) in [7, 11) is -4.43. The maximum absolute atomic E-state index is 13.3. The molecular formula is C23H19F3N6O3S. The number of pyridine rings is 1. The lowest BCUT2D eigenvalue weighted by molar-refractivity contribution is -0.137. The Morgan fingerprint density at radius 1 is 0.972 bits per heavy atom. The number of benzene rings is 2. The van der Waals surface area contributed by atoms with Crippen LogP contribution in [0.15, 0.2) is 90.6 Å². The number of amides is 2. The Hall–Kier alpha value is -4.39. The number of sulfonamides is 1. The van der Waals surface area contributed by atoms with Gasteiger partial charge in [-0.05, 0) is 54.1 Å². The Morgan fingerprint density at radius 3 is 2.36 bits per heavy atom. The van der Waals surface area contributed by atoms with Crippen molar-refractivity contribution in [2.24, 2.45) is 0 Å². The Balaban J connectivity index is 1.49. The smallest absolute Gasteiger partial charge is 0.334 e. The zero-order valence-electron chi connectivity index (χ0n) is 18.4. The second kappa shape index (κ2) is 10.1. The van der Waals surface area contributed by atoms with Gasteiger partial charge in [0.05, 0.1) is 17.6 Å². The third-order valence-corrected chi connectivity index (χ3v) is 6.34. The highest BCUT2D eigenvalue weighted by atomic mass is 32.2. The number of urea groups is 1. The van der Waals surface area contributed by atoms with E-state index in [0.717, 1.165) is 17.7 Å². The Kier molecular flexibility index (Phi) is 6.92. The van der Waals surface area contributed by atoms with Crippen molar-refractivity contribution in [3.8, 4) is 5.69 Å². The van der Waals surface area contributed by atoms with Crippen LogP contribution in [-0.2, 0) is 22.7 Å². The number of imidazole rings is 1. The minimum absolute atomic E-state index is 0.00317. The highest BCUT2D eigenvalue weighted by Gasteiger charge is 2.33. The van der Waals surface area contributed by atoms with Gasteiger partial charge < -0.3 is 15.2 Å². The summed E-state index contributed by atoms with van der Waals surface area (Å²) in [6.07, 6.45) is 2.57. The molecule has 2 amide bonds. The van der Waals surface area contributed by atoms with Crippen LogP contribution in [0.2, 0.25) is 0 Å². The number of carbonyl (C=O) groups is 1. The molecule has 2 aromatic carbocycles. The van der Waals surface area contributed by atoms with Crippen molar-refractivity contribution in [1.29, 1.82) is 0 Å². The van der Waals surface area contributed by atoms with Crippen molar-refractivity contribution in [2.45, 2.75) is 17.6 Å². The molecule has 3 N–H and O–H groups in total. The first-order chi connectivity index (χ1) is 17.1. The molecule has 9 nitrogen and oxygen atoms in total. The molecule has 0 atom stereocenters. The summed E-state index contributed by atoms with van der Waals surface area (Å²) < 4.78 is 69.6. The van der Waals surface area contributed by atoms with E-state index in [9.17, 15) is 26.4 Å². The highest BCUT2D eigenvalue weighted by Crippen LogP contribution is 2.33. The number of nitrogens with one attached hydrogen (secondary N) is 3. The van der Waals surface area contributed by atoms with E-state index >= 15 is 0 Å². The van der Waals surface area contributed by atoms with Gasteiger partial charge in [-0.25, -0.2) is 18.2 Å². The van der Waals surface area contributed by atoms with Gasteiger partial charge in [-0.15, -0.1) is 0 Å². The first-order valence-electron chi connectivity index (χ1n) is 10.4. The number of alkyl halides is 3. The monoisotopic (exact) mass is 516 g/mol. The van der Waals surface area contributed by atoms with Gasteiger partial charge in [0, 0.05) is 42.7 Å². The van der Waals surface area contributed by atoms with Crippen LogP contribution in [0.3, 0.4) is 0 Å². The number of aromatic nitrogens is 3. The fourth-order valence-corrected chi connectivity index (χ4v) is 4.50. The van der Waals surface area contributed by atoms with E-state index in [2.05, 4.69) is 25.3 Å². The molecule has 0 radical (unpaired) electrons. The molecule has 0 unspecified atom stereocenters. The van der Waals surface area contributed by atoms with Crippen LogP contribution in [0.25, 0.3) is 5.69 Å². The van der Waals surface area contributed by atoms with E-state index in [1.807, 2.05) is 0 Å². The van der Waals surface area contributed by atoms with E-state index in [1.165, 1.54) is 47.6 Å². The summed E-state index contributed by atoms with van der Waals surface area (Å²) in [4.78, 5) is 19.3. The third kappa shape index (κ3) is 5.99. The Bertz CT molecular complexity index is 1440. The Labute approximate surface area is 204 Å². The molecule has 0 aliphatic heterocycles. The summed E-state index contributed by atoms with van der Waals surface area (Å²) in [5.41, 5.74) is 0.160. The van der Waals surface area contributed by atoms with Crippen LogP contribution in [-0.4, -0.2) is 29.0 Å². The van der Waals surface area contributed by atoms with Crippen molar-refractivity contribution in [2.75, 3.05) is 10.0 Å². The lowest BCUT2D eigenvalue weighted by Gasteiger charge is -2.16. The van der Waals surface area contributed by atoms with Gasteiger partial charge in [-0.3, -0.25) is 9.71 Å². The zero-order chi connectivity index (χ0) is 25.8. The van der Waals surface area contributed by atoms with Gasteiger partial charge in [-0.2, -0.15) is 13.2 Å². The van der Waals surface area contributed by atoms with E-state index in [-0.39, 0.29) is 17.9 Å². The lowest BCUT2D eigenvalue weighted by Crippen LogP contribution is -2.28. The summed E-state index contributed by atoms with van der Waals surface area (Å²) in [6.45, 7) is 0.258. The molecule has 0 saturated carbocycles. The quantitative estimate of drug-likeness (QED) is 0.336. The largest absolute Gasteiger partial charge is 0.416 e. The molecule has 0 fully saturated rings. The van der Waals surface area contributed by atoms with Crippen LogP contribution >= 0.6 is 0 Å². The van der Waals surface area contributed by atoms with Gasteiger partial charge in [0.1, 0.15) is 4.90 Å². The summed E-state index contributed by atoms with van der Waals surface area (Å²) in [5.74, 6) is 0. The molecule has 4 rings (SSSR count). The lowest BCUT2D eigenvalue weighted by atomic mass is 10.2. The van der Waals surface area contributed by atoms with Gasteiger partial charge in [0.25, 0.3) is 10.0 Å². The molecule has 36 heavy (non-hydrogen) atoms. The number of anilines is 2. The molecule has 0 spiro atoms. The molecular weight excluding hydrogens is 497 g/mol. The number of hydrogen-bond acceptors (Lipinski definition) is 5. The van der Waals surface area contributed by atoms with Crippen LogP contribution < -0.4 is 15.4 Å². The molecule has 13 heteroatoms. The van der Waals surface area contributed by atoms with Crippen molar-refractivity contribution in [3.63, 3.8) is 0 Å². The zero-order valence-corrected chi connectivity index (χ0v) is 19.2. The molecule has 0 saturated heterocycles. The molecule has 0 aliphatic rings. The van der Waals surface area contributed by atoms with Crippen LogP contribution in [0.4, 0.5) is 29.3 Å². The van der Waals surface area contributed by atoms with Crippen molar-refractivity contribution >= 4 is 27.4 Å². The second-order valence-electron chi connectivity index (χ2n) is 7.50. The summed E-state index contributed by atoms with van der Waals surface area (Å²) in [5, 5.41) is 5.26. The average molecular weight is 517 g/mol. The highest BCUT2D eigenvalue weighted by molar-refractivity contribution is 7.92. The van der Waals surface area contributed by atoms with E-state index < -0.39 is 32.7 Å². The van der Waals surface area contributed by atoms with E-state index in [0.29, 0.717) is 11.8 Å². The fraction of sp³-hybridized carbons (Fsp3) is 0.0870. The fourth-order valence-electron chi connectivity index (χ4n) is 3.21. The predicted molar refractivity (Wildman–Crippen MR) is 126 cm³/mol. The van der Waals surface area contributed by atoms with Crippen LogP contribution in [0.1, 0.15) is 11.1 Å². The first-order valence-corrected chi connectivity index (χ1v) is 11.9. The van der Waals surface area contributed by atoms with E-state index in [4.69, 9.17) is 0 Å². The maximum Gasteiger partial charge on any atom is 0.416 e. The predicted octanol–water partition coefficient (Wildman–Crippen LogP) is 4.41. The molecule has 4 aromatic rings. The van der Waals surface area contributed by atoms with Gasteiger partial charge in [0.2, 0.25) is 0 Å².